The van der Waals surface area contributed by atoms with E-state index in [1.165, 1.54) is 14.4 Å². The molecule has 84 valence electrons. The monoisotopic (exact) mass is 356 g/mol. The SMILES string of the molecule is Clc1cc(-c2ccc(I)cc2)nc2ncnn12. The molecule has 0 unspecified atom stereocenters. The van der Waals surface area contributed by atoms with E-state index in [-0.39, 0.29) is 0 Å². The molecule has 4 nitrogen and oxygen atoms in total. The lowest BCUT2D eigenvalue weighted by Crippen LogP contribution is -1.95. The van der Waals surface area contributed by atoms with Crippen LogP contribution in [0.3, 0.4) is 0 Å². The number of halogens is 2. The van der Waals surface area contributed by atoms with Crippen molar-refractivity contribution in [2.45, 2.75) is 0 Å². The van der Waals surface area contributed by atoms with Gasteiger partial charge in [0.25, 0.3) is 5.78 Å². The van der Waals surface area contributed by atoms with Crippen LogP contribution in [0, 0.1) is 3.57 Å². The first-order valence-corrected chi connectivity index (χ1v) is 6.32. The van der Waals surface area contributed by atoms with Crippen LogP contribution in [0.2, 0.25) is 5.15 Å². The molecular weight excluding hydrogens is 351 g/mol. The fraction of sp³-hybridized carbons (Fsp3) is 0. The van der Waals surface area contributed by atoms with Gasteiger partial charge in [0.2, 0.25) is 0 Å². The van der Waals surface area contributed by atoms with Gasteiger partial charge < -0.3 is 0 Å². The lowest BCUT2D eigenvalue weighted by molar-refractivity contribution is 0.941. The van der Waals surface area contributed by atoms with Gasteiger partial charge in [-0.25, -0.2) is 4.98 Å². The van der Waals surface area contributed by atoms with Gasteiger partial charge in [-0.1, -0.05) is 23.7 Å². The second-order valence-corrected chi connectivity index (χ2v) is 5.08. The number of hydrogen-bond donors (Lipinski definition) is 0. The number of hydrogen-bond acceptors (Lipinski definition) is 3. The molecule has 2 aromatic heterocycles. The summed E-state index contributed by atoms with van der Waals surface area (Å²) in [7, 11) is 0. The predicted octanol–water partition coefficient (Wildman–Crippen LogP) is 3.05. The fourth-order valence-electron chi connectivity index (χ4n) is 1.54. The highest BCUT2D eigenvalue weighted by atomic mass is 127. The van der Waals surface area contributed by atoms with Crippen molar-refractivity contribution in [3.8, 4) is 11.3 Å². The molecule has 0 amide bonds. The van der Waals surface area contributed by atoms with Crippen molar-refractivity contribution in [1.29, 1.82) is 0 Å². The van der Waals surface area contributed by atoms with Gasteiger partial charge in [0.1, 0.15) is 11.5 Å². The van der Waals surface area contributed by atoms with Crippen LogP contribution in [0.4, 0.5) is 0 Å². The summed E-state index contributed by atoms with van der Waals surface area (Å²) in [6.07, 6.45) is 1.44. The minimum atomic E-state index is 0.501. The van der Waals surface area contributed by atoms with Crippen molar-refractivity contribution in [3.63, 3.8) is 0 Å². The minimum absolute atomic E-state index is 0.501. The third-order valence-electron chi connectivity index (χ3n) is 2.35. The van der Waals surface area contributed by atoms with Gasteiger partial charge in [-0.3, -0.25) is 0 Å². The van der Waals surface area contributed by atoms with Crippen LogP contribution < -0.4 is 0 Å². The number of nitrogens with zero attached hydrogens (tertiary/aromatic N) is 4. The van der Waals surface area contributed by atoms with Crippen LogP contribution in [0.5, 0.6) is 0 Å². The molecule has 0 aliphatic carbocycles. The Hall–Kier alpha value is -1.21. The first-order chi connectivity index (χ1) is 8.24. The average molecular weight is 357 g/mol. The molecule has 0 N–H and O–H groups in total. The van der Waals surface area contributed by atoms with Gasteiger partial charge in [0.15, 0.2) is 0 Å². The normalized spacial score (nSPS) is 10.9. The highest BCUT2D eigenvalue weighted by molar-refractivity contribution is 14.1. The van der Waals surface area contributed by atoms with Crippen molar-refractivity contribution in [2.75, 3.05) is 0 Å². The number of aromatic nitrogens is 4. The van der Waals surface area contributed by atoms with E-state index in [0.717, 1.165) is 11.3 Å². The van der Waals surface area contributed by atoms with Gasteiger partial charge in [-0.05, 0) is 34.7 Å². The summed E-state index contributed by atoms with van der Waals surface area (Å²) < 4.78 is 2.68. The van der Waals surface area contributed by atoms with Gasteiger partial charge in [0.05, 0.1) is 5.69 Å². The van der Waals surface area contributed by atoms with Crippen molar-refractivity contribution in [1.82, 2.24) is 19.6 Å². The molecule has 0 aliphatic heterocycles. The summed E-state index contributed by atoms with van der Waals surface area (Å²) in [6, 6.07) is 9.85. The highest BCUT2D eigenvalue weighted by Crippen LogP contribution is 2.22. The molecule has 0 spiro atoms. The van der Waals surface area contributed by atoms with Crippen molar-refractivity contribution in [3.05, 3.63) is 45.4 Å². The topological polar surface area (TPSA) is 43.1 Å². The van der Waals surface area contributed by atoms with Crippen LogP contribution in [0.15, 0.2) is 36.7 Å². The lowest BCUT2D eigenvalue weighted by atomic mass is 10.1. The Bertz CT molecular complexity index is 678. The summed E-state index contributed by atoms with van der Waals surface area (Å²) in [5.74, 6) is 0.506. The number of benzene rings is 1. The van der Waals surface area contributed by atoms with E-state index in [1.807, 2.05) is 24.3 Å². The minimum Gasteiger partial charge on any atom is -0.211 e. The van der Waals surface area contributed by atoms with Crippen molar-refractivity contribution < 1.29 is 0 Å². The fourth-order valence-corrected chi connectivity index (χ4v) is 2.13. The van der Waals surface area contributed by atoms with E-state index in [0.29, 0.717) is 10.9 Å². The van der Waals surface area contributed by atoms with E-state index in [2.05, 4.69) is 37.7 Å². The van der Waals surface area contributed by atoms with Crippen molar-refractivity contribution >= 4 is 40.0 Å². The molecular formula is C11H6ClIN4. The van der Waals surface area contributed by atoms with E-state index in [4.69, 9.17) is 11.6 Å². The first kappa shape index (κ1) is 10.9. The van der Waals surface area contributed by atoms with Crippen LogP contribution in [0.1, 0.15) is 0 Å². The maximum atomic E-state index is 6.10. The van der Waals surface area contributed by atoms with Gasteiger partial charge in [-0.2, -0.15) is 14.6 Å². The molecule has 0 radical (unpaired) electrons. The Morgan fingerprint density at radius 2 is 1.94 bits per heavy atom. The molecule has 3 aromatic rings. The standard InChI is InChI=1S/C11H6ClIN4/c12-10-5-9(7-1-3-8(13)4-2-7)16-11-14-6-15-17(10)11/h1-6H. The number of fused-ring (bicyclic) bond motifs is 1. The summed E-state index contributed by atoms with van der Waals surface area (Å²) in [6.45, 7) is 0. The molecule has 3 rings (SSSR count). The van der Waals surface area contributed by atoms with Crippen LogP contribution >= 0.6 is 34.2 Å². The third-order valence-corrected chi connectivity index (χ3v) is 3.34. The van der Waals surface area contributed by atoms with Crippen molar-refractivity contribution in [2.24, 2.45) is 0 Å². The molecule has 17 heavy (non-hydrogen) atoms. The van der Waals surface area contributed by atoms with Crippen LogP contribution in [0.25, 0.3) is 17.0 Å². The van der Waals surface area contributed by atoms with Gasteiger partial charge in [-0.15, -0.1) is 0 Å². The zero-order valence-corrected chi connectivity index (χ0v) is 11.4. The summed E-state index contributed by atoms with van der Waals surface area (Å²) in [5.41, 5.74) is 1.81. The summed E-state index contributed by atoms with van der Waals surface area (Å²) >= 11 is 8.37. The molecule has 0 bridgehead atoms. The quantitative estimate of drug-likeness (QED) is 0.497. The Morgan fingerprint density at radius 1 is 1.18 bits per heavy atom. The Kier molecular flexibility index (Phi) is 2.71. The maximum absolute atomic E-state index is 6.10. The molecule has 0 saturated carbocycles. The van der Waals surface area contributed by atoms with Gasteiger partial charge >= 0.3 is 0 Å². The lowest BCUT2D eigenvalue weighted by Gasteiger charge is -2.02. The molecule has 6 heteroatoms. The summed E-state index contributed by atoms with van der Waals surface area (Å²) in [5, 5.41) is 4.48. The van der Waals surface area contributed by atoms with E-state index in [1.54, 1.807) is 6.07 Å². The van der Waals surface area contributed by atoms with E-state index in [9.17, 15) is 0 Å². The zero-order chi connectivity index (χ0) is 11.8. The predicted molar refractivity (Wildman–Crippen MR) is 73.9 cm³/mol. The number of rotatable bonds is 1. The molecule has 0 fully saturated rings. The average Bonchev–Trinajstić information content (AvgIpc) is 2.78. The molecule has 0 atom stereocenters. The second-order valence-electron chi connectivity index (χ2n) is 3.44. The first-order valence-electron chi connectivity index (χ1n) is 4.86. The third kappa shape index (κ3) is 2.00. The smallest absolute Gasteiger partial charge is 0.211 e. The van der Waals surface area contributed by atoms with E-state index < -0.39 is 0 Å². The van der Waals surface area contributed by atoms with E-state index >= 15 is 0 Å². The Balaban J connectivity index is 2.20. The Morgan fingerprint density at radius 3 is 2.71 bits per heavy atom. The maximum Gasteiger partial charge on any atom is 0.254 e. The van der Waals surface area contributed by atoms with Crippen LogP contribution in [-0.4, -0.2) is 19.6 Å². The van der Waals surface area contributed by atoms with Crippen LogP contribution in [-0.2, 0) is 0 Å². The highest BCUT2D eigenvalue weighted by Gasteiger charge is 2.07. The largest absolute Gasteiger partial charge is 0.254 e. The molecule has 2 heterocycles. The van der Waals surface area contributed by atoms with Gasteiger partial charge in [0, 0.05) is 15.2 Å². The molecule has 1 aromatic carbocycles. The second kappa shape index (κ2) is 4.23. The zero-order valence-electron chi connectivity index (χ0n) is 8.51. The summed E-state index contributed by atoms with van der Waals surface area (Å²) in [4.78, 5) is 8.44. The Labute approximate surface area is 116 Å². The molecule has 0 saturated heterocycles. The molecule has 0 aliphatic rings.